The highest BCUT2D eigenvalue weighted by molar-refractivity contribution is 5.95. The molecule has 2 rings (SSSR count). The Labute approximate surface area is 138 Å². The first-order valence-corrected chi connectivity index (χ1v) is 7.37. The molecule has 0 saturated heterocycles. The second-order valence-corrected chi connectivity index (χ2v) is 5.42. The van der Waals surface area contributed by atoms with Crippen LogP contribution in [0.3, 0.4) is 0 Å². The van der Waals surface area contributed by atoms with Gasteiger partial charge in [-0.3, -0.25) is 0 Å². The number of furan rings is 2. The third kappa shape index (κ3) is 4.04. The molecule has 126 valence electrons. The normalized spacial score (nSPS) is 15.1. The van der Waals surface area contributed by atoms with E-state index >= 15 is 0 Å². The van der Waals surface area contributed by atoms with E-state index in [2.05, 4.69) is 0 Å². The lowest BCUT2D eigenvalue weighted by atomic mass is 9.82. The standard InChI is InChI=1S/C18H18O6/c1-11(15(17(19)20)9-13-5-3-7-23-13)12(2)16(18(21)22)10-14-6-4-8-24-14/h3-12H,1-2H3,(H,19,20)(H,21,22). The summed E-state index contributed by atoms with van der Waals surface area (Å²) in [5.74, 6) is -2.53. The van der Waals surface area contributed by atoms with Gasteiger partial charge in [0.05, 0.1) is 12.5 Å². The summed E-state index contributed by atoms with van der Waals surface area (Å²) < 4.78 is 10.3. The third-order valence-corrected chi connectivity index (χ3v) is 3.91. The summed E-state index contributed by atoms with van der Waals surface area (Å²) in [5, 5.41) is 18.9. The summed E-state index contributed by atoms with van der Waals surface area (Å²) in [6.45, 7) is 3.35. The van der Waals surface area contributed by atoms with Crippen molar-refractivity contribution in [1.29, 1.82) is 0 Å². The first-order valence-electron chi connectivity index (χ1n) is 7.37. The Kier molecular flexibility index (Phi) is 5.42. The van der Waals surface area contributed by atoms with E-state index in [1.807, 2.05) is 0 Å². The van der Waals surface area contributed by atoms with E-state index in [1.54, 1.807) is 38.1 Å². The van der Waals surface area contributed by atoms with Gasteiger partial charge in [0.1, 0.15) is 11.5 Å². The van der Waals surface area contributed by atoms with Crippen LogP contribution in [0.1, 0.15) is 25.4 Å². The van der Waals surface area contributed by atoms with Crippen LogP contribution in [0, 0.1) is 11.8 Å². The van der Waals surface area contributed by atoms with Gasteiger partial charge in [-0.15, -0.1) is 0 Å². The van der Waals surface area contributed by atoms with E-state index in [-0.39, 0.29) is 11.1 Å². The van der Waals surface area contributed by atoms with Crippen molar-refractivity contribution in [2.75, 3.05) is 0 Å². The first kappa shape index (κ1) is 17.3. The first-order chi connectivity index (χ1) is 11.4. The molecule has 0 aliphatic heterocycles. The van der Waals surface area contributed by atoms with Crippen LogP contribution in [-0.2, 0) is 9.59 Å². The van der Waals surface area contributed by atoms with Crippen LogP contribution in [0.5, 0.6) is 0 Å². The molecule has 0 aliphatic rings. The molecule has 2 atom stereocenters. The lowest BCUT2D eigenvalue weighted by Crippen LogP contribution is -2.22. The van der Waals surface area contributed by atoms with Crippen molar-refractivity contribution < 1.29 is 28.6 Å². The number of carboxylic acids is 2. The van der Waals surface area contributed by atoms with E-state index in [1.165, 1.54) is 24.7 Å². The Morgan fingerprint density at radius 2 is 1.25 bits per heavy atom. The van der Waals surface area contributed by atoms with E-state index in [0.717, 1.165) is 0 Å². The molecule has 0 aromatic carbocycles. The van der Waals surface area contributed by atoms with Crippen LogP contribution >= 0.6 is 0 Å². The van der Waals surface area contributed by atoms with E-state index < -0.39 is 23.8 Å². The molecule has 0 aliphatic carbocycles. The maximum Gasteiger partial charge on any atom is 0.331 e. The van der Waals surface area contributed by atoms with Crippen LogP contribution in [0.4, 0.5) is 0 Å². The van der Waals surface area contributed by atoms with Gasteiger partial charge in [0.2, 0.25) is 0 Å². The fraction of sp³-hybridized carbons (Fsp3) is 0.222. The lowest BCUT2D eigenvalue weighted by Gasteiger charge is -2.21. The molecule has 2 N–H and O–H groups in total. The SMILES string of the molecule is CC(C(=Cc1ccco1)C(=O)O)C(C)C(=Cc1ccco1)C(=O)O. The highest BCUT2D eigenvalue weighted by atomic mass is 16.4. The molecule has 0 fully saturated rings. The molecule has 2 aromatic rings. The predicted octanol–water partition coefficient (Wildman–Crippen LogP) is 3.78. The van der Waals surface area contributed by atoms with Gasteiger partial charge in [-0.05, 0) is 48.3 Å². The Morgan fingerprint density at radius 1 is 0.875 bits per heavy atom. The third-order valence-electron chi connectivity index (χ3n) is 3.91. The van der Waals surface area contributed by atoms with Gasteiger partial charge >= 0.3 is 11.9 Å². The predicted molar refractivity (Wildman–Crippen MR) is 87.0 cm³/mol. The Morgan fingerprint density at radius 3 is 1.50 bits per heavy atom. The van der Waals surface area contributed by atoms with Gasteiger partial charge in [0.25, 0.3) is 0 Å². The summed E-state index contributed by atoms with van der Waals surface area (Å²) in [7, 11) is 0. The highest BCUT2D eigenvalue weighted by Gasteiger charge is 2.28. The van der Waals surface area contributed by atoms with Crippen molar-refractivity contribution in [2.24, 2.45) is 11.8 Å². The zero-order valence-electron chi connectivity index (χ0n) is 13.3. The lowest BCUT2D eigenvalue weighted by molar-refractivity contribution is -0.135. The minimum Gasteiger partial charge on any atom is -0.478 e. The molecule has 2 aromatic heterocycles. The van der Waals surface area contributed by atoms with Crippen LogP contribution in [-0.4, -0.2) is 22.2 Å². The van der Waals surface area contributed by atoms with Gasteiger partial charge < -0.3 is 19.0 Å². The van der Waals surface area contributed by atoms with Crippen LogP contribution in [0.2, 0.25) is 0 Å². The maximum absolute atomic E-state index is 11.6. The molecular weight excluding hydrogens is 312 g/mol. The summed E-state index contributed by atoms with van der Waals surface area (Å²) in [6, 6.07) is 6.58. The van der Waals surface area contributed by atoms with Crippen molar-refractivity contribution in [1.82, 2.24) is 0 Å². The molecule has 0 amide bonds. The monoisotopic (exact) mass is 330 g/mol. The maximum atomic E-state index is 11.6. The van der Waals surface area contributed by atoms with Crippen LogP contribution < -0.4 is 0 Å². The van der Waals surface area contributed by atoms with Crippen molar-refractivity contribution in [3.8, 4) is 0 Å². The average Bonchev–Trinajstić information content (AvgIpc) is 3.21. The smallest absolute Gasteiger partial charge is 0.331 e. The molecule has 0 bridgehead atoms. The van der Waals surface area contributed by atoms with E-state index in [4.69, 9.17) is 8.83 Å². The van der Waals surface area contributed by atoms with Crippen molar-refractivity contribution in [2.45, 2.75) is 13.8 Å². The number of hydrogen-bond acceptors (Lipinski definition) is 4. The van der Waals surface area contributed by atoms with Crippen molar-refractivity contribution >= 4 is 24.1 Å². The molecule has 24 heavy (non-hydrogen) atoms. The molecule has 2 heterocycles. The fourth-order valence-electron chi connectivity index (χ4n) is 2.37. The second-order valence-electron chi connectivity index (χ2n) is 5.42. The Bertz CT molecular complexity index is 683. The number of aliphatic carboxylic acids is 2. The van der Waals surface area contributed by atoms with Crippen molar-refractivity contribution in [3.05, 3.63) is 59.5 Å². The average molecular weight is 330 g/mol. The quantitative estimate of drug-likeness (QED) is 0.749. The Balaban J connectivity index is 2.35. The summed E-state index contributed by atoms with van der Waals surface area (Å²) in [6.07, 6.45) is 5.71. The largest absolute Gasteiger partial charge is 0.478 e. The minimum atomic E-state index is -1.12. The number of carbonyl (C=O) groups is 2. The zero-order valence-corrected chi connectivity index (χ0v) is 13.3. The van der Waals surface area contributed by atoms with Gasteiger partial charge in [-0.2, -0.15) is 0 Å². The van der Waals surface area contributed by atoms with Crippen molar-refractivity contribution in [3.63, 3.8) is 0 Å². The summed E-state index contributed by atoms with van der Waals surface area (Å²) >= 11 is 0. The number of carboxylic acid groups (broad SMARTS) is 2. The molecule has 0 spiro atoms. The summed E-state index contributed by atoms with van der Waals surface area (Å²) in [5.41, 5.74) is 0.146. The molecule has 6 nitrogen and oxygen atoms in total. The van der Waals surface area contributed by atoms with E-state index in [9.17, 15) is 19.8 Å². The second kappa shape index (κ2) is 7.50. The summed E-state index contributed by atoms with van der Waals surface area (Å²) in [4.78, 5) is 23.2. The van der Waals surface area contributed by atoms with E-state index in [0.29, 0.717) is 11.5 Å². The molecular formula is C18H18O6. The highest BCUT2D eigenvalue weighted by Crippen LogP contribution is 2.30. The zero-order chi connectivity index (χ0) is 17.7. The van der Waals surface area contributed by atoms with Crippen LogP contribution in [0.25, 0.3) is 12.2 Å². The van der Waals surface area contributed by atoms with Crippen LogP contribution in [0.15, 0.2) is 56.8 Å². The molecule has 2 unspecified atom stereocenters. The molecule has 6 heteroatoms. The Hall–Kier alpha value is -3.02. The van der Waals surface area contributed by atoms with Gasteiger partial charge in [-0.25, -0.2) is 9.59 Å². The van der Waals surface area contributed by atoms with Gasteiger partial charge in [0, 0.05) is 11.1 Å². The number of rotatable bonds is 7. The van der Waals surface area contributed by atoms with Gasteiger partial charge in [0.15, 0.2) is 0 Å². The topological polar surface area (TPSA) is 101 Å². The van der Waals surface area contributed by atoms with Gasteiger partial charge in [-0.1, -0.05) is 13.8 Å². The number of hydrogen-bond donors (Lipinski definition) is 2. The molecule has 0 radical (unpaired) electrons. The molecule has 0 saturated carbocycles. The minimum absolute atomic E-state index is 0.0732. The fourth-order valence-corrected chi connectivity index (χ4v) is 2.37.